The molecule has 0 spiro atoms. The summed E-state index contributed by atoms with van der Waals surface area (Å²) in [6.07, 6.45) is 0. The highest BCUT2D eigenvalue weighted by Gasteiger charge is 2.29. The first-order chi connectivity index (χ1) is 14.5. The van der Waals surface area contributed by atoms with Gasteiger partial charge < -0.3 is 15.3 Å². The van der Waals surface area contributed by atoms with Crippen LogP contribution < -0.4 is 0 Å². The van der Waals surface area contributed by atoms with E-state index in [0.29, 0.717) is 22.5 Å². The predicted molar refractivity (Wildman–Crippen MR) is 111 cm³/mol. The summed E-state index contributed by atoms with van der Waals surface area (Å²) in [7, 11) is 0. The number of rotatable bonds is 5. The van der Waals surface area contributed by atoms with Gasteiger partial charge in [0.2, 0.25) is 5.88 Å². The quantitative estimate of drug-likeness (QED) is 0.430. The Labute approximate surface area is 171 Å². The van der Waals surface area contributed by atoms with Crippen molar-refractivity contribution in [2.24, 2.45) is 0 Å². The summed E-state index contributed by atoms with van der Waals surface area (Å²) in [5, 5.41) is 30.6. The van der Waals surface area contributed by atoms with Crippen LogP contribution in [0.5, 0.6) is 11.6 Å². The van der Waals surface area contributed by atoms with Gasteiger partial charge in [0.25, 0.3) is 0 Å². The summed E-state index contributed by atoms with van der Waals surface area (Å²) in [4.78, 5) is 24.4. The molecule has 0 aliphatic rings. The fraction of sp³-hybridized carbons (Fsp3) is 0. The van der Waals surface area contributed by atoms with Crippen molar-refractivity contribution in [3.05, 3.63) is 102 Å². The van der Waals surface area contributed by atoms with E-state index in [1.807, 2.05) is 6.07 Å². The number of ketones is 1. The van der Waals surface area contributed by atoms with Crippen molar-refractivity contribution in [2.75, 3.05) is 0 Å². The third kappa shape index (κ3) is 3.20. The lowest BCUT2D eigenvalue weighted by atomic mass is 9.99. The molecule has 6 nitrogen and oxygen atoms in total. The van der Waals surface area contributed by atoms with E-state index >= 15 is 0 Å². The summed E-state index contributed by atoms with van der Waals surface area (Å²) in [5.41, 5.74) is 1.73. The molecular weight excluding hydrogens is 382 g/mol. The maximum atomic E-state index is 13.2. The Kier molecular flexibility index (Phi) is 4.82. The summed E-state index contributed by atoms with van der Waals surface area (Å²) < 4.78 is 1.34. The molecule has 0 radical (unpaired) electrons. The van der Waals surface area contributed by atoms with Gasteiger partial charge in [0.05, 0.1) is 16.8 Å². The molecule has 0 saturated carbocycles. The summed E-state index contributed by atoms with van der Waals surface area (Å²) in [6.45, 7) is 0. The molecule has 0 fully saturated rings. The molecule has 30 heavy (non-hydrogen) atoms. The van der Waals surface area contributed by atoms with Gasteiger partial charge in [-0.05, 0) is 29.8 Å². The van der Waals surface area contributed by atoms with E-state index in [4.69, 9.17) is 5.11 Å². The molecule has 0 unspecified atom stereocenters. The van der Waals surface area contributed by atoms with Gasteiger partial charge in [0.15, 0.2) is 11.5 Å². The first-order valence-corrected chi connectivity index (χ1v) is 9.14. The lowest BCUT2D eigenvalue weighted by molar-refractivity contribution is 0.0696. The van der Waals surface area contributed by atoms with Crippen LogP contribution in [-0.4, -0.2) is 31.6 Å². The SMILES string of the molecule is O=C(O)c1ccc(-n2c(O)c(O)c(C(=O)c3ccccc3)c2-c2ccccc2)cc1. The van der Waals surface area contributed by atoms with Gasteiger partial charge >= 0.3 is 5.97 Å². The van der Waals surface area contributed by atoms with Gasteiger partial charge in [-0.3, -0.25) is 9.36 Å². The number of hydrogen-bond acceptors (Lipinski definition) is 4. The lowest BCUT2D eigenvalue weighted by Crippen LogP contribution is -2.05. The molecule has 0 saturated heterocycles. The Morgan fingerprint density at radius 3 is 1.83 bits per heavy atom. The largest absolute Gasteiger partial charge is 0.503 e. The van der Waals surface area contributed by atoms with Crippen molar-refractivity contribution in [1.29, 1.82) is 0 Å². The van der Waals surface area contributed by atoms with Crippen molar-refractivity contribution in [1.82, 2.24) is 4.57 Å². The average Bonchev–Trinajstić information content (AvgIpc) is 3.05. The molecular formula is C24H17NO5. The van der Waals surface area contributed by atoms with Gasteiger partial charge in [-0.2, -0.15) is 0 Å². The van der Waals surface area contributed by atoms with Gasteiger partial charge in [-0.15, -0.1) is 0 Å². The van der Waals surface area contributed by atoms with E-state index in [0.717, 1.165) is 0 Å². The van der Waals surface area contributed by atoms with E-state index in [9.17, 15) is 19.8 Å². The molecule has 1 aromatic heterocycles. The first-order valence-electron chi connectivity index (χ1n) is 9.14. The molecule has 148 valence electrons. The Hall–Kier alpha value is -4.32. The topological polar surface area (TPSA) is 99.8 Å². The summed E-state index contributed by atoms with van der Waals surface area (Å²) >= 11 is 0. The van der Waals surface area contributed by atoms with Gasteiger partial charge in [-0.25, -0.2) is 4.79 Å². The molecule has 0 atom stereocenters. The highest BCUT2D eigenvalue weighted by molar-refractivity contribution is 6.15. The monoisotopic (exact) mass is 399 g/mol. The predicted octanol–water partition coefficient (Wildman–Crippen LogP) is 4.48. The lowest BCUT2D eigenvalue weighted by Gasteiger charge is -2.12. The Morgan fingerprint density at radius 2 is 1.27 bits per heavy atom. The minimum Gasteiger partial charge on any atom is -0.503 e. The number of nitrogens with zero attached hydrogens (tertiary/aromatic N) is 1. The van der Waals surface area contributed by atoms with E-state index in [2.05, 4.69) is 0 Å². The molecule has 6 heteroatoms. The molecule has 0 bridgehead atoms. The maximum absolute atomic E-state index is 13.2. The molecule has 3 aromatic carbocycles. The van der Waals surface area contributed by atoms with Crippen LogP contribution in [0.2, 0.25) is 0 Å². The average molecular weight is 399 g/mol. The van der Waals surface area contributed by atoms with E-state index < -0.39 is 23.4 Å². The molecule has 3 N–H and O–H groups in total. The van der Waals surface area contributed by atoms with Gasteiger partial charge in [-0.1, -0.05) is 60.7 Å². The van der Waals surface area contributed by atoms with E-state index in [-0.39, 0.29) is 11.1 Å². The number of carboxylic acids is 1. The second-order valence-electron chi connectivity index (χ2n) is 6.64. The van der Waals surface area contributed by atoms with Crippen LogP contribution in [-0.2, 0) is 0 Å². The van der Waals surface area contributed by atoms with Crippen molar-refractivity contribution in [2.45, 2.75) is 0 Å². The second kappa shape index (κ2) is 7.60. The molecule has 4 aromatic rings. The van der Waals surface area contributed by atoms with Crippen LogP contribution >= 0.6 is 0 Å². The van der Waals surface area contributed by atoms with E-state index in [1.54, 1.807) is 54.6 Å². The number of benzene rings is 3. The zero-order chi connectivity index (χ0) is 21.3. The molecule has 1 heterocycles. The third-order valence-electron chi connectivity index (χ3n) is 4.80. The zero-order valence-corrected chi connectivity index (χ0v) is 15.7. The zero-order valence-electron chi connectivity index (χ0n) is 15.7. The van der Waals surface area contributed by atoms with Gasteiger partial charge in [0, 0.05) is 11.3 Å². The number of aromatic hydroxyl groups is 2. The minimum atomic E-state index is -1.08. The van der Waals surface area contributed by atoms with Crippen molar-refractivity contribution >= 4 is 11.8 Å². The highest BCUT2D eigenvalue weighted by atomic mass is 16.4. The number of carbonyl (C=O) groups is 2. The van der Waals surface area contributed by atoms with Crippen LogP contribution in [0.4, 0.5) is 0 Å². The number of carbonyl (C=O) groups excluding carboxylic acids is 1. The van der Waals surface area contributed by atoms with Crippen LogP contribution in [0, 0.1) is 0 Å². The standard InChI is InChI=1S/C24H17NO5/c26-21(16-9-5-2-6-10-16)19-20(15-7-3-1-4-8-15)25(23(28)22(19)27)18-13-11-17(12-14-18)24(29)30/h1-14,27-28H,(H,29,30). The van der Waals surface area contributed by atoms with Crippen molar-refractivity contribution < 1.29 is 24.9 Å². The normalized spacial score (nSPS) is 10.7. The minimum absolute atomic E-state index is 0.0350. The summed E-state index contributed by atoms with van der Waals surface area (Å²) in [6, 6.07) is 23.2. The molecule has 0 amide bonds. The molecule has 4 rings (SSSR count). The highest BCUT2D eigenvalue weighted by Crippen LogP contribution is 2.43. The fourth-order valence-corrected chi connectivity index (χ4v) is 3.37. The maximum Gasteiger partial charge on any atom is 0.335 e. The molecule has 0 aliphatic heterocycles. The number of aromatic nitrogens is 1. The smallest absolute Gasteiger partial charge is 0.335 e. The second-order valence-corrected chi connectivity index (χ2v) is 6.64. The summed E-state index contributed by atoms with van der Waals surface area (Å²) in [5.74, 6) is -2.56. The van der Waals surface area contributed by atoms with Gasteiger partial charge in [0.1, 0.15) is 0 Å². The Bertz CT molecular complexity index is 1230. The Balaban J connectivity index is 1.99. The first kappa shape index (κ1) is 19.0. The van der Waals surface area contributed by atoms with Crippen molar-refractivity contribution in [3.63, 3.8) is 0 Å². The number of aromatic carboxylic acids is 1. The van der Waals surface area contributed by atoms with E-state index in [1.165, 1.54) is 28.8 Å². The molecule has 0 aliphatic carbocycles. The Morgan fingerprint density at radius 1 is 0.700 bits per heavy atom. The van der Waals surface area contributed by atoms with Crippen LogP contribution in [0.3, 0.4) is 0 Å². The van der Waals surface area contributed by atoms with Crippen LogP contribution in [0.25, 0.3) is 16.9 Å². The number of carboxylic acid groups (broad SMARTS) is 1. The van der Waals surface area contributed by atoms with Crippen LogP contribution in [0.15, 0.2) is 84.9 Å². The van der Waals surface area contributed by atoms with Crippen LogP contribution in [0.1, 0.15) is 26.3 Å². The number of hydrogen-bond donors (Lipinski definition) is 3. The third-order valence-corrected chi connectivity index (χ3v) is 4.80. The van der Waals surface area contributed by atoms with Crippen molar-refractivity contribution in [3.8, 4) is 28.6 Å². The fourth-order valence-electron chi connectivity index (χ4n) is 3.37.